The first kappa shape index (κ1) is 12.5. The summed E-state index contributed by atoms with van der Waals surface area (Å²) in [6.07, 6.45) is 0. The van der Waals surface area contributed by atoms with Crippen LogP contribution in [0.4, 0.5) is 11.4 Å². The number of nitrogens with two attached hydrogens (primary N) is 2. The number of benzene rings is 1. The summed E-state index contributed by atoms with van der Waals surface area (Å²) in [5.41, 5.74) is 7.65. The minimum absolute atomic E-state index is 0.00544. The van der Waals surface area contributed by atoms with Crippen molar-refractivity contribution in [1.82, 2.24) is 0 Å². The molecule has 5 nitrogen and oxygen atoms in total. The Balaban J connectivity index is 2.96. The maximum atomic E-state index is 11.1. The summed E-state index contributed by atoms with van der Waals surface area (Å²) in [5, 5.41) is 8.01. The van der Waals surface area contributed by atoms with Gasteiger partial charge in [-0.15, -0.1) is 0 Å². The molecule has 1 rings (SSSR count). The Morgan fingerprint density at radius 2 is 2.12 bits per heavy atom. The monoisotopic (exact) mass is 241 g/mol. The van der Waals surface area contributed by atoms with Crippen LogP contribution in [-0.4, -0.2) is 15.0 Å². The normalized spacial score (nSPS) is 11.1. The van der Waals surface area contributed by atoms with Crippen molar-refractivity contribution in [3.8, 4) is 0 Å². The SMILES string of the molecule is C=C(C)CNc1ccc(S(N)(=O)=O)cc1N. The molecular formula is C10H15N3O2S. The first-order valence-electron chi connectivity index (χ1n) is 4.61. The first-order chi connectivity index (χ1) is 7.30. The molecule has 6 heteroatoms. The van der Waals surface area contributed by atoms with Crippen LogP contribution in [0.3, 0.4) is 0 Å². The van der Waals surface area contributed by atoms with E-state index in [1.165, 1.54) is 12.1 Å². The van der Waals surface area contributed by atoms with E-state index in [-0.39, 0.29) is 4.90 Å². The Morgan fingerprint density at radius 1 is 1.50 bits per heavy atom. The van der Waals surface area contributed by atoms with Gasteiger partial charge in [0.1, 0.15) is 0 Å². The topological polar surface area (TPSA) is 98.2 Å². The molecule has 1 aromatic rings. The van der Waals surface area contributed by atoms with E-state index in [1.807, 2.05) is 6.92 Å². The summed E-state index contributed by atoms with van der Waals surface area (Å²) in [5.74, 6) is 0. The number of hydrogen-bond acceptors (Lipinski definition) is 4. The largest absolute Gasteiger partial charge is 0.397 e. The molecule has 1 aromatic carbocycles. The Kier molecular flexibility index (Phi) is 3.56. The number of nitrogen functional groups attached to an aromatic ring is 1. The average molecular weight is 241 g/mol. The number of anilines is 2. The van der Waals surface area contributed by atoms with Crippen LogP contribution >= 0.6 is 0 Å². The van der Waals surface area contributed by atoms with Gasteiger partial charge in [-0.1, -0.05) is 12.2 Å². The minimum atomic E-state index is -3.70. The van der Waals surface area contributed by atoms with Crippen molar-refractivity contribution in [2.24, 2.45) is 5.14 Å². The number of primary sulfonamides is 1. The van der Waals surface area contributed by atoms with Crippen LogP contribution in [-0.2, 0) is 10.0 Å². The van der Waals surface area contributed by atoms with E-state index in [0.717, 1.165) is 5.57 Å². The number of rotatable bonds is 4. The molecule has 0 aromatic heterocycles. The zero-order valence-corrected chi connectivity index (χ0v) is 9.84. The van der Waals surface area contributed by atoms with Gasteiger partial charge in [-0.25, -0.2) is 13.6 Å². The molecule has 0 radical (unpaired) electrons. The van der Waals surface area contributed by atoms with Crippen molar-refractivity contribution in [3.05, 3.63) is 30.4 Å². The second-order valence-corrected chi connectivity index (χ2v) is 5.17. The molecule has 88 valence electrons. The molecule has 0 aliphatic carbocycles. The number of hydrogen-bond donors (Lipinski definition) is 3. The highest BCUT2D eigenvalue weighted by Gasteiger charge is 2.09. The van der Waals surface area contributed by atoms with Crippen LogP contribution in [0.25, 0.3) is 0 Å². The van der Waals surface area contributed by atoms with Crippen LogP contribution in [0.1, 0.15) is 6.92 Å². The fraction of sp³-hybridized carbons (Fsp3) is 0.200. The maximum absolute atomic E-state index is 11.1. The van der Waals surface area contributed by atoms with Gasteiger partial charge in [-0.3, -0.25) is 0 Å². The van der Waals surface area contributed by atoms with Gasteiger partial charge in [0, 0.05) is 6.54 Å². The van der Waals surface area contributed by atoms with E-state index in [0.29, 0.717) is 17.9 Å². The standard InChI is InChI=1S/C10H15N3O2S/c1-7(2)6-13-10-4-3-8(5-9(10)11)16(12,14)15/h3-5,13H,1,6,11H2,2H3,(H2,12,14,15). The zero-order chi connectivity index (χ0) is 12.3. The Bertz CT molecular complexity index is 509. The summed E-state index contributed by atoms with van der Waals surface area (Å²) in [4.78, 5) is 0.00544. The zero-order valence-electron chi connectivity index (χ0n) is 9.03. The molecule has 5 N–H and O–H groups in total. The fourth-order valence-corrected chi connectivity index (χ4v) is 1.67. The van der Waals surface area contributed by atoms with E-state index in [2.05, 4.69) is 11.9 Å². The van der Waals surface area contributed by atoms with Crippen LogP contribution in [0.2, 0.25) is 0 Å². The van der Waals surface area contributed by atoms with Crippen LogP contribution in [0.5, 0.6) is 0 Å². The van der Waals surface area contributed by atoms with E-state index in [4.69, 9.17) is 10.9 Å². The Hall–Kier alpha value is -1.53. The molecule has 0 aliphatic heterocycles. The lowest BCUT2D eigenvalue weighted by atomic mass is 10.2. The smallest absolute Gasteiger partial charge is 0.238 e. The van der Waals surface area contributed by atoms with E-state index in [9.17, 15) is 8.42 Å². The summed E-state index contributed by atoms with van der Waals surface area (Å²) < 4.78 is 22.1. The Labute approximate surface area is 95.2 Å². The molecule has 0 fully saturated rings. The molecule has 16 heavy (non-hydrogen) atoms. The minimum Gasteiger partial charge on any atom is -0.397 e. The number of nitrogens with one attached hydrogen (secondary N) is 1. The molecule has 0 heterocycles. The molecule has 0 bridgehead atoms. The molecule has 0 saturated carbocycles. The van der Waals surface area contributed by atoms with Crippen molar-refractivity contribution in [2.75, 3.05) is 17.6 Å². The third-order valence-corrected chi connectivity index (χ3v) is 2.84. The summed E-state index contributed by atoms with van der Waals surface area (Å²) in [7, 11) is -3.70. The predicted molar refractivity (Wildman–Crippen MR) is 65.5 cm³/mol. The molecule has 0 unspecified atom stereocenters. The van der Waals surface area contributed by atoms with Gasteiger partial charge in [0.15, 0.2) is 0 Å². The van der Waals surface area contributed by atoms with E-state index in [1.54, 1.807) is 6.07 Å². The van der Waals surface area contributed by atoms with Gasteiger partial charge >= 0.3 is 0 Å². The van der Waals surface area contributed by atoms with Gasteiger partial charge in [-0.2, -0.15) is 0 Å². The van der Waals surface area contributed by atoms with Crippen LogP contribution in [0, 0.1) is 0 Å². The average Bonchev–Trinajstić information content (AvgIpc) is 2.14. The van der Waals surface area contributed by atoms with E-state index >= 15 is 0 Å². The molecular weight excluding hydrogens is 226 g/mol. The molecule has 0 atom stereocenters. The lowest BCUT2D eigenvalue weighted by molar-refractivity contribution is 0.598. The second kappa shape index (κ2) is 4.54. The summed E-state index contributed by atoms with van der Waals surface area (Å²) in [6.45, 7) is 6.20. The van der Waals surface area contributed by atoms with Gasteiger partial charge in [0.05, 0.1) is 16.3 Å². The maximum Gasteiger partial charge on any atom is 0.238 e. The third-order valence-electron chi connectivity index (χ3n) is 1.93. The van der Waals surface area contributed by atoms with Gasteiger partial charge in [0.2, 0.25) is 10.0 Å². The van der Waals surface area contributed by atoms with Crippen molar-refractivity contribution in [2.45, 2.75) is 11.8 Å². The van der Waals surface area contributed by atoms with Crippen LogP contribution < -0.4 is 16.2 Å². The van der Waals surface area contributed by atoms with Crippen molar-refractivity contribution in [1.29, 1.82) is 0 Å². The highest BCUT2D eigenvalue weighted by molar-refractivity contribution is 7.89. The highest BCUT2D eigenvalue weighted by Crippen LogP contribution is 2.21. The lowest BCUT2D eigenvalue weighted by Gasteiger charge is -2.10. The summed E-state index contributed by atoms with van der Waals surface area (Å²) >= 11 is 0. The Morgan fingerprint density at radius 3 is 2.56 bits per heavy atom. The van der Waals surface area contributed by atoms with Gasteiger partial charge in [0.25, 0.3) is 0 Å². The fourth-order valence-electron chi connectivity index (χ4n) is 1.12. The molecule has 0 saturated heterocycles. The molecule has 0 aliphatic rings. The second-order valence-electron chi connectivity index (χ2n) is 3.60. The van der Waals surface area contributed by atoms with Gasteiger partial charge < -0.3 is 11.1 Å². The quantitative estimate of drug-likeness (QED) is 0.539. The summed E-state index contributed by atoms with van der Waals surface area (Å²) in [6, 6.07) is 4.32. The van der Waals surface area contributed by atoms with Crippen molar-refractivity contribution >= 4 is 21.4 Å². The van der Waals surface area contributed by atoms with Crippen LogP contribution in [0.15, 0.2) is 35.2 Å². The third kappa shape index (κ3) is 3.25. The lowest BCUT2D eigenvalue weighted by Crippen LogP contribution is -2.13. The number of sulfonamides is 1. The predicted octanol–water partition coefficient (Wildman–Crippen LogP) is 0.904. The van der Waals surface area contributed by atoms with E-state index < -0.39 is 10.0 Å². The molecule has 0 amide bonds. The van der Waals surface area contributed by atoms with Crippen molar-refractivity contribution in [3.63, 3.8) is 0 Å². The van der Waals surface area contributed by atoms with Gasteiger partial charge in [-0.05, 0) is 25.1 Å². The molecule has 0 spiro atoms. The first-order valence-corrected chi connectivity index (χ1v) is 6.16. The highest BCUT2D eigenvalue weighted by atomic mass is 32.2. The van der Waals surface area contributed by atoms with Crippen molar-refractivity contribution < 1.29 is 8.42 Å².